The monoisotopic (exact) mass is 329 g/mol. The lowest BCUT2D eigenvalue weighted by molar-refractivity contribution is -0.121. The molecule has 5 nitrogen and oxygen atoms in total. The highest BCUT2D eigenvalue weighted by molar-refractivity contribution is 7.10. The Hall–Kier alpha value is -2.18. The topological polar surface area (TPSA) is 61.4 Å². The molecule has 0 saturated heterocycles. The van der Waals surface area contributed by atoms with Gasteiger partial charge in [-0.1, -0.05) is 30.3 Å². The van der Waals surface area contributed by atoms with Crippen LogP contribution in [-0.4, -0.2) is 37.0 Å². The molecule has 0 saturated carbocycles. The number of hydrogen-bond acceptors (Lipinski definition) is 4. The molecule has 3 rings (SSSR count). The zero-order valence-corrected chi connectivity index (χ0v) is 13.7. The molecule has 120 valence electrons. The van der Waals surface area contributed by atoms with Crippen LogP contribution in [0.3, 0.4) is 0 Å². The molecule has 0 fully saturated rings. The zero-order valence-electron chi connectivity index (χ0n) is 12.9. The van der Waals surface area contributed by atoms with Crippen molar-refractivity contribution >= 4 is 23.3 Å². The Bertz CT molecular complexity index is 699. The molecule has 1 aromatic carbocycles. The number of carbonyl (C=O) groups excluding carboxylic acids is 2. The zero-order chi connectivity index (χ0) is 16.2. The van der Waals surface area contributed by atoms with Crippen LogP contribution in [0.5, 0.6) is 0 Å². The Kier molecular flexibility index (Phi) is 4.73. The summed E-state index contributed by atoms with van der Waals surface area (Å²) in [6.45, 7) is 0.997. The average molecular weight is 329 g/mol. The van der Waals surface area contributed by atoms with Crippen LogP contribution in [-0.2, 0) is 11.2 Å². The van der Waals surface area contributed by atoms with Gasteiger partial charge < -0.3 is 5.32 Å². The van der Waals surface area contributed by atoms with Gasteiger partial charge in [-0.3, -0.25) is 15.0 Å². The SMILES string of the molecule is CNC(=O)NC(=O)CN1CCc2sccc2[C@H]1c1ccccc1. The van der Waals surface area contributed by atoms with E-state index in [1.54, 1.807) is 11.3 Å². The second-order valence-electron chi connectivity index (χ2n) is 5.46. The highest BCUT2D eigenvalue weighted by Crippen LogP contribution is 2.37. The molecule has 2 heterocycles. The molecule has 23 heavy (non-hydrogen) atoms. The van der Waals surface area contributed by atoms with Gasteiger partial charge in [-0.05, 0) is 29.0 Å². The first-order chi connectivity index (χ1) is 11.2. The first-order valence-corrected chi connectivity index (χ1v) is 8.44. The van der Waals surface area contributed by atoms with Gasteiger partial charge in [-0.25, -0.2) is 4.79 Å². The molecule has 1 atom stereocenters. The van der Waals surface area contributed by atoms with Crippen molar-refractivity contribution in [1.82, 2.24) is 15.5 Å². The number of thiophene rings is 1. The highest BCUT2D eigenvalue weighted by Gasteiger charge is 2.30. The van der Waals surface area contributed by atoms with E-state index >= 15 is 0 Å². The first-order valence-electron chi connectivity index (χ1n) is 7.56. The summed E-state index contributed by atoms with van der Waals surface area (Å²) in [5.41, 5.74) is 2.43. The first kappa shape index (κ1) is 15.7. The van der Waals surface area contributed by atoms with E-state index in [-0.39, 0.29) is 18.5 Å². The van der Waals surface area contributed by atoms with Gasteiger partial charge in [0, 0.05) is 18.5 Å². The largest absolute Gasteiger partial charge is 0.341 e. The molecular weight excluding hydrogens is 310 g/mol. The second-order valence-corrected chi connectivity index (χ2v) is 6.46. The summed E-state index contributed by atoms with van der Waals surface area (Å²) in [5.74, 6) is -0.288. The number of carbonyl (C=O) groups is 2. The van der Waals surface area contributed by atoms with E-state index in [1.165, 1.54) is 23.1 Å². The molecule has 1 aliphatic rings. The van der Waals surface area contributed by atoms with Gasteiger partial charge >= 0.3 is 6.03 Å². The van der Waals surface area contributed by atoms with Crippen LogP contribution in [0.1, 0.15) is 22.0 Å². The summed E-state index contributed by atoms with van der Waals surface area (Å²) in [7, 11) is 1.49. The Morgan fingerprint density at radius 3 is 2.78 bits per heavy atom. The summed E-state index contributed by atoms with van der Waals surface area (Å²) in [6, 6.07) is 11.9. The van der Waals surface area contributed by atoms with Crippen LogP contribution in [0.4, 0.5) is 4.79 Å². The van der Waals surface area contributed by atoms with Crippen LogP contribution >= 0.6 is 11.3 Å². The molecule has 0 radical (unpaired) electrons. The Morgan fingerprint density at radius 2 is 2.04 bits per heavy atom. The van der Waals surface area contributed by atoms with E-state index in [4.69, 9.17) is 0 Å². The number of nitrogens with one attached hydrogen (secondary N) is 2. The maximum atomic E-state index is 12.1. The van der Waals surface area contributed by atoms with E-state index in [0.717, 1.165) is 13.0 Å². The quantitative estimate of drug-likeness (QED) is 0.907. The summed E-state index contributed by atoms with van der Waals surface area (Å²) in [5, 5.41) is 6.84. The van der Waals surface area contributed by atoms with Crippen LogP contribution < -0.4 is 10.6 Å². The molecule has 0 bridgehead atoms. The number of urea groups is 1. The minimum Gasteiger partial charge on any atom is -0.341 e. The number of hydrogen-bond donors (Lipinski definition) is 2. The molecule has 0 aliphatic carbocycles. The fraction of sp³-hybridized carbons (Fsp3) is 0.294. The third-order valence-electron chi connectivity index (χ3n) is 4.01. The third-order valence-corrected chi connectivity index (χ3v) is 5.00. The van der Waals surface area contributed by atoms with Crippen LogP contribution in [0.25, 0.3) is 0 Å². The number of rotatable bonds is 3. The van der Waals surface area contributed by atoms with Crippen LogP contribution in [0, 0.1) is 0 Å². The third kappa shape index (κ3) is 3.43. The van der Waals surface area contributed by atoms with Crippen molar-refractivity contribution in [3.8, 4) is 0 Å². The average Bonchev–Trinajstić information content (AvgIpc) is 3.03. The summed E-state index contributed by atoms with van der Waals surface area (Å²) >= 11 is 1.77. The molecule has 2 aromatic rings. The Morgan fingerprint density at radius 1 is 1.26 bits per heavy atom. The number of imide groups is 1. The van der Waals surface area contributed by atoms with Crippen molar-refractivity contribution in [2.45, 2.75) is 12.5 Å². The maximum Gasteiger partial charge on any atom is 0.321 e. The van der Waals surface area contributed by atoms with Crippen molar-refractivity contribution in [1.29, 1.82) is 0 Å². The fourth-order valence-electron chi connectivity index (χ4n) is 2.98. The van der Waals surface area contributed by atoms with Crippen molar-refractivity contribution < 1.29 is 9.59 Å². The molecule has 1 aromatic heterocycles. The molecular formula is C17H19N3O2S. The van der Waals surface area contributed by atoms with E-state index in [2.05, 4.69) is 39.1 Å². The van der Waals surface area contributed by atoms with Gasteiger partial charge in [0.1, 0.15) is 0 Å². The van der Waals surface area contributed by atoms with Crippen molar-refractivity contribution in [2.24, 2.45) is 0 Å². The summed E-state index contributed by atoms with van der Waals surface area (Å²) < 4.78 is 0. The normalized spacial score (nSPS) is 17.3. The molecule has 3 amide bonds. The maximum absolute atomic E-state index is 12.1. The van der Waals surface area contributed by atoms with Gasteiger partial charge in [0.2, 0.25) is 5.91 Å². The second kappa shape index (κ2) is 6.93. The van der Waals surface area contributed by atoms with Gasteiger partial charge in [0.15, 0.2) is 0 Å². The number of benzene rings is 1. The molecule has 6 heteroatoms. The minimum absolute atomic E-state index is 0.0571. The highest BCUT2D eigenvalue weighted by atomic mass is 32.1. The Balaban J connectivity index is 1.84. The summed E-state index contributed by atoms with van der Waals surface area (Å²) in [4.78, 5) is 26.9. The Labute approximate surface area is 139 Å². The van der Waals surface area contributed by atoms with E-state index < -0.39 is 6.03 Å². The van der Waals surface area contributed by atoms with Gasteiger partial charge in [-0.15, -0.1) is 11.3 Å². The molecule has 1 aliphatic heterocycles. The van der Waals surface area contributed by atoms with Crippen molar-refractivity contribution in [3.05, 3.63) is 57.8 Å². The van der Waals surface area contributed by atoms with Crippen molar-refractivity contribution in [2.75, 3.05) is 20.1 Å². The predicted octanol–water partition coefficient (Wildman–Crippen LogP) is 2.15. The number of fused-ring (bicyclic) bond motifs is 1. The summed E-state index contributed by atoms with van der Waals surface area (Å²) in [6.07, 6.45) is 0.934. The van der Waals surface area contributed by atoms with Gasteiger partial charge in [-0.2, -0.15) is 0 Å². The van der Waals surface area contributed by atoms with Gasteiger partial charge in [0.05, 0.1) is 12.6 Å². The van der Waals surface area contributed by atoms with Gasteiger partial charge in [0.25, 0.3) is 0 Å². The lowest BCUT2D eigenvalue weighted by Gasteiger charge is -2.35. The predicted molar refractivity (Wildman–Crippen MR) is 90.5 cm³/mol. The number of amides is 3. The molecule has 0 unspecified atom stereocenters. The van der Waals surface area contributed by atoms with Crippen molar-refractivity contribution in [3.63, 3.8) is 0 Å². The molecule has 0 spiro atoms. The standard InChI is InChI=1S/C17H19N3O2S/c1-18-17(22)19-15(21)11-20-9-7-14-13(8-10-23-14)16(20)12-5-3-2-4-6-12/h2-6,8,10,16H,7,9,11H2,1H3,(H2,18,19,21,22)/t16-/m1/s1. The lowest BCUT2D eigenvalue weighted by atomic mass is 9.93. The van der Waals surface area contributed by atoms with E-state index in [1.807, 2.05) is 18.2 Å². The van der Waals surface area contributed by atoms with E-state index in [0.29, 0.717) is 0 Å². The lowest BCUT2D eigenvalue weighted by Crippen LogP contribution is -2.46. The van der Waals surface area contributed by atoms with E-state index in [9.17, 15) is 9.59 Å². The van der Waals surface area contributed by atoms with Crippen LogP contribution in [0.15, 0.2) is 41.8 Å². The smallest absolute Gasteiger partial charge is 0.321 e. The van der Waals surface area contributed by atoms with Crippen LogP contribution in [0.2, 0.25) is 0 Å². The fourth-order valence-corrected chi connectivity index (χ4v) is 3.88. The minimum atomic E-state index is -0.473. The number of nitrogens with zero attached hydrogens (tertiary/aromatic N) is 1. The molecule has 2 N–H and O–H groups in total.